The number of hydrogen-bond acceptors (Lipinski definition) is 4. The largest absolute Gasteiger partial charge is 1.00 e. The molecule has 2 rings (SSSR count). The van der Waals surface area contributed by atoms with Gasteiger partial charge >= 0.3 is 0 Å². The maximum absolute atomic E-state index is 10.3. The number of ether oxygens (including phenoxy) is 2. The van der Waals surface area contributed by atoms with Crippen molar-refractivity contribution in [2.75, 3.05) is 14.2 Å². The molecule has 126 valence electrons. The molecule has 0 unspecified atom stereocenters. The van der Waals surface area contributed by atoms with Crippen LogP contribution in [0.5, 0.6) is 11.5 Å². The number of nitro groups is 1. The maximum Gasteiger partial charge on any atom is 0.270 e. The van der Waals surface area contributed by atoms with Crippen LogP contribution < -0.4 is 27.6 Å². The molecule has 0 saturated heterocycles. The van der Waals surface area contributed by atoms with Gasteiger partial charge in [-0.25, -0.2) is 0 Å². The molecule has 0 bridgehead atoms. The van der Waals surface area contributed by atoms with Crippen molar-refractivity contribution in [3.05, 3.63) is 55.5 Å². The first-order valence-electron chi connectivity index (χ1n) is 6.02. The zero-order chi connectivity index (χ0) is 16.7. The Morgan fingerprint density at radius 1 is 1.00 bits per heavy atom. The molecule has 0 aliphatic carbocycles. The second-order valence-electron chi connectivity index (χ2n) is 4.04. The summed E-state index contributed by atoms with van der Waals surface area (Å²) in [5, 5.41) is 10.3. The predicted octanol–water partition coefficient (Wildman–Crippen LogP) is 0.701. The molecule has 0 spiro atoms. The Hall–Kier alpha value is -1.35. The molecule has 0 heterocycles. The molecule has 0 aromatic heterocycles. The molecule has 3 N–H and O–H groups in total. The monoisotopic (exact) mass is 468 g/mol. The van der Waals surface area contributed by atoms with E-state index in [0.29, 0.717) is 10.2 Å². The fourth-order valence-corrected chi connectivity index (χ4v) is 2.60. The Labute approximate surface area is 156 Å². The van der Waals surface area contributed by atoms with Crippen LogP contribution in [0.1, 0.15) is 0 Å². The summed E-state index contributed by atoms with van der Waals surface area (Å²) < 4.78 is 11.5. The molecule has 0 radical (unpaired) electrons. The molecule has 9 heteroatoms. The molecule has 0 saturated carbocycles. The maximum atomic E-state index is 10.3. The third-order valence-corrected chi connectivity index (χ3v) is 3.80. The Bertz CT molecular complexity index is 671. The number of nitro benzene ring substituents is 1. The van der Waals surface area contributed by atoms with Crippen molar-refractivity contribution < 1.29 is 32.5 Å². The van der Waals surface area contributed by atoms with Gasteiger partial charge in [0.1, 0.15) is 17.2 Å². The van der Waals surface area contributed by atoms with Crippen LogP contribution in [-0.2, 0) is 0 Å². The third-order valence-electron chi connectivity index (χ3n) is 2.56. The standard InChI is InChI=1S/C7H6BrNO3.C7H8BrNO.ClH/c1-12-7-3-2-5(9(10)11)4-6(7)8;1-10-7-3-2-5(9)4-6(7)8;/h2-4H,1H3;2-4H,9H2,1H3;1H. The molecule has 6 nitrogen and oxygen atoms in total. The summed E-state index contributed by atoms with van der Waals surface area (Å²) in [6, 6.07) is 10.0. The van der Waals surface area contributed by atoms with Gasteiger partial charge in [0.25, 0.3) is 5.69 Å². The summed E-state index contributed by atoms with van der Waals surface area (Å²) >= 11 is 6.49. The third kappa shape index (κ3) is 6.74. The Morgan fingerprint density at radius 2 is 1.48 bits per heavy atom. The minimum atomic E-state index is -0.454. The highest BCUT2D eigenvalue weighted by Crippen LogP contribution is 2.28. The topological polar surface area (TPSA) is 89.2 Å². The van der Waals surface area contributed by atoms with E-state index in [9.17, 15) is 10.1 Å². The van der Waals surface area contributed by atoms with Crippen molar-refractivity contribution in [2.45, 2.75) is 0 Å². The lowest BCUT2D eigenvalue weighted by Gasteiger charge is -2.00. The number of nitrogens with zero attached hydrogens (tertiary/aromatic N) is 1. The molecule has 0 aliphatic rings. The molecule has 2 aromatic rings. The average molecular weight is 471 g/mol. The van der Waals surface area contributed by atoms with Crippen LogP contribution >= 0.6 is 31.9 Å². The Morgan fingerprint density at radius 3 is 1.87 bits per heavy atom. The van der Waals surface area contributed by atoms with Crippen LogP contribution in [-0.4, -0.2) is 19.1 Å². The molecule has 0 aliphatic heterocycles. The SMILES string of the molecule is COc1ccc([N+](=O)[O-])cc1Br.COc1ccc([NH3+])cc1Br.[Cl-]. The van der Waals surface area contributed by atoms with E-state index >= 15 is 0 Å². The van der Waals surface area contributed by atoms with Gasteiger partial charge in [0, 0.05) is 24.3 Å². The lowest BCUT2D eigenvalue weighted by atomic mass is 10.3. The summed E-state index contributed by atoms with van der Waals surface area (Å²) in [6.07, 6.45) is 0. The Kier molecular flexibility index (Phi) is 9.82. The summed E-state index contributed by atoms with van der Waals surface area (Å²) in [6.45, 7) is 0. The van der Waals surface area contributed by atoms with Crippen molar-refractivity contribution in [3.63, 3.8) is 0 Å². The second-order valence-corrected chi connectivity index (χ2v) is 5.75. The van der Waals surface area contributed by atoms with Crippen molar-refractivity contribution in [3.8, 4) is 11.5 Å². The van der Waals surface area contributed by atoms with Gasteiger partial charge in [0.15, 0.2) is 0 Å². The first kappa shape index (κ1) is 21.6. The zero-order valence-electron chi connectivity index (χ0n) is 12.4. The first-order chi connectivity index (χ1) is 10.4. The van der Waals surface area contributed by atoms with Gasteiger partial charge in [-0.1, -0.05) is 0 Å². The smallest absolute Gasteiger partial charge is 0.270 e. The molecule has 2 aromatic carbocycles. The number of non-ortho nitro benzene ring substituents is 1. The fourth-order valence-electron chi connectivity index (χ4n) is 1.48. The van der Waals surface area contributed by atoms with E-state index in [-0.39, 0.29) is 18.1 Å². The van der Waals surface area contributed by atoms with Crippen LogP contribution in [0.2, 0.25) is 0 Å². The first-order valence-corrected chi connectivity index (χ1v) is 7.61. The number of rotatable bonds is 3. The fraction of sp³-hybridized carbons (Fsp3) is 0.143. The number of methoxy groups -OCH3 is 2. The van der Waals surface area contributed by atoms with Crippen molar-refractivity contribution >= 4 is 43.2 Å². The number of benzene rings is 2. The predicted molar refractivity (Wildman–Crippen MR) is 90.6 cm³/mol. The van der Waals surface area contributed by atoms with Gasteiger partial charge in [0.2, 0.25) is 0 Å². The Balaban J connectivity index is 0.000000409. The van der Waals surface area contributed by atoms with E-state index in [1.807, 2.05) is 18.2 Å². The lowest BCUT2D eigenvalue weighted by Crippen LogP contribution is -3.00. The second kappa shape index (κ2) is 10.4. The van der Waals surface area contributed by atoms with E-state index in [2.05, 4.69) is 37.6 Å². The molecular weight excluding hydrogens is 455 g/mol. The van der Waals surface area contributed by atoms with E-state index in [0.717, 1.165) is 15.9 Å². The van der Waals surface area contributed by atoms with Crippen LogP contribution in [0.15, 0.2) is 45.3 Å². The highest BCUT2D eigenvalue weighted by molar-refractivity contribution is 9.10. The summed E-state index contributed by atoms with van der Waals surface area (Å²) in [5.74, 6) is 1.42. The summed E-state index contributed by atoms with van der Waals surface area (Å²) in [5.41, 5.74) is 4.79. The number of halogens is 3. The molecular formula is C14H15Br2ClN2O4. The van der Waals surface area contributed by atoms with Crippen LogP contribution in [0.25, 0.3) is 0 Å². The lowest BCUT2D eigenvalue weighted by molar-refractivity contribution is -0.384. The van der Waals surface area contributed by atoms with Crippen molar-refractivity contribution in [1.29, 1.82) is 0 Å². The van der Waals surface area contributed by atoms with E-state index in [4.69, 9.17) is 9.47 Å². The van der Waals surface area contributed by atoms with Gasteiger partial charge in [-0.05, 0) is 44.0 Å². The number of quaternary nitrogens is 1. The van der Waals surface area contributed by atoms with E-state index in [1.54, 1.807) is 13.2 Å². The summed E-state index contributed by atoms with van der Waals surface area (Å²) in [7, 11) is 3.15. The zero-order valence-corrected chi connectivity index (χ0v) is 16.3. The van der Waals surface area contributed by atoms with Crippen LogP contribution in [0.3, 0.4) is 0 Å². The van der Waals surface area contributed by atoms with Gasteiger partial charge in [-0.3, -0.25) is 10.1 Å². The van der Waals surface area contributed by atoms with Crippen molar-refractivity contribution in [1.82, 2.24) is 0 Å². The van der Waals surface area contributed by atoms with Crippen LogP contribution in [0, 0.1) is 10.1 Å². The van der Waals surface area contributed by atoms with E-state index in [1.165, 1.54) is 19.2 Å². The van der Waals surface area contributed by atoms with Crippen LogP contribution in [0.4, 0.5) is 11.4 Å². The molecule has 23 heavy (non-hydrogen) atoms. The highest BCUT2D eigenvalue weighted by atomic mass is 79.9. The van der Waals surface area contributed by atoms with Gasteiger partial charge in [0.05, 0.1) is 28.1 Å². The normalized spacial score (nSPS) is 9.09. The van der Waals surface area contributed by atoms with Gasteiger partial charge in [-0.15, -0.1) is 0 Å². The van der Waals surface area contributed by atoms with Gasteiger partial charge < -0.3 is 27.6 Å². The molecule has 0 atom stereocenters. The quantitative estimate of drug-likeness (QED) is 0.528. The highest BCUT2D eigenvalue weighted by Gasteiger charge is 2.08. The minimum Gasteiger partial charge on any atom is -1.00 e. The van der Waals surface area contributed by atoms with Gasteiger partial charge in [-0.2, -0.15) is 0 Å². The van der Waals surface area contributed by atoms with Crippen molar-refractivity contribution in [2.24, 2.45) is 0 Å². The number of hydrogen-bond donors (Lipinski definition) is 1. The average Bonchev–Trinajstić information content (AvgIpc) is 2.48. The summed E-state index contributed by atoms with van der Waals surface area (Å²) in [4.78, 5) is 9.84. The van der Waals surface area contributed by atoms with E-state index < -0.39 is 4.92 Å². The molecule has 0 amide bonds. The molecule has 0 fully saturated rings. The minimum absolute atomic E-state index is 0.